The van der Waals surface area contributed by atoms with Crippen LogP contribution in [0, 0.1) is 11.8 Å². The number of urea groups is 1. The lowest BCUT2D eigenvalue weighted by Crippen LogP contribution is -2.53. The van der Waals surface area contributed by atoms with Crippen LogP contribution in [0.3, 0.4) is 0 Å². The first-order valence-corrected chi connectivity index (χ1v) is 12.4. The summed E-state index contributed by atoms with van der Waals surface area (Å²) in [5, 5.41) is 13.0. The van der Waals surface area contributed by atoms with Gasteiger partial charge in [-0.1, -0.05) is 13.0 Å². The number of aliphatic hydroxyl groups excluding tert-OH is 1. The van der Waals surface area contributed by atoms with Gasteiger partial charge in [-0.15, -0.1) is 11.8 Å². The van der Waals surface area contributed by atoms with Gasteiger partial charge in [-0.3, -0.25) is 10.1 Å². The summed E-state index contributed by atoms with van der Waals surface area (Å²) in [5.74, 6) is 2.18. The second-order valence-corrected chi connectivity index (χ2v) is 11.0. The van der Waals surface area contributed by atoms with Crippen LogP contribution in [-0.4, -0.2) is 57.9 Å². The van der Waals surface area contributed by atoms with Crippen molar-refractivity contribution < 1.29 is 24.2 Å². The van der Waals surface area contributed by atoms with E-state index < -0.39 is 10.9 Å². The smallest absolute Gasteiger partial charge is 0.323 e. The largest absolute Gasteiger partial charge is 0.454 e. The highest BCUT2D eigenvalue weighted by Gasteiger charge is 2.78. The number of hydrogen-bond donors (Lipinski definition) is 2. The minimum atomic E-state index is -0.966. The standard InChI is InChI=1S/C24H27N3O5S/c1-13-2-5-15(6-3-13)27(9-8-14-4-7-16-17(10-14)32-12-31-16)23(30)26-22-19-18(11-25-22)33-24(19)20(28)21(24)29/h4,7,10-11,13,15,19-20,28H,2-3,5-6,8-9,12H2,1H3,(H,25,26,30). The normalized spacial score (nSPS) is 33.2. The number of aliphatic imine (C=N–C) groups is 1. The zero-order chi connectivity index (χ0) is 22.7. The molecule has 3 unspecified atom stereocenters. The van der Waals surface area contributed by atoms with E-state index in [1.165, 1.54) is 11.8 Å². The van der Waals surface area contributed by atoms with Gasteiger partial charge in [0, 0.05) is 23.7 Å². The van der Waals surface area contributed by atoms with Crippen LogP contribution in [0.25, 0.3) is 0 Å². The van der Waals surface area contributed by atoms with Crippen molar-refractivity contribution in [3.05, 3.63) is 34.9 Å². The van der Waals surface area contributed by atoms with E-state index in [1.54, 1.807) is 6.20 Å². The van der Waals surface area contributed by atoms with E-state index in [-0.39, 0.29) is 30.6 Å². The molecule has 9 heteroatoms. The second kappa shape index (κ2) is 7.77. The number of carbonyl (C=O) groups is 2. The van der Waals surface area contributed by atoms with E-state index in [2.05, 4.69) is 17.2 Å². The zero-order valence-electron chi connectivity index (χ0n) is 18.5. The molecule has 1 aromatic rings. The minimum Gasteiger partial charge on any atom is -0.454 e. The maximum absolute atomic E-state index is 13.5. The first-order chi connectivity index (χ1) is 16.0. The Morgan fingerprint density at radius 3 is 2.79 bits per heavy atom. The third kappa shape index (κ3) is 3.35. The molecule has 174 valence electrons. The summed E-state index contributed by atoms with van der Waals surface area (Å²) in [6, 6.07) is 5.89. The summed E-state index contributed by atoms with van der Waals surface area (Å²) >= 11 is 1.37. The lowest BCUT2D eigenvalue weighted by atomic mass is 9.86. The predicted octanol–water partition coefficient (Wildman–Crippen LogP) is 2.85. The lowest BCUT2D eigenvalue weighted by molar-refractivity contribution is -0.113. The third-order valence-corrected chi connectivity index (χ3v) is 9.14. The van der Waals surface area contributed by atoms with Crippen molar-refractivity contribution >= 4 is 29.4 Å². The van der Waals surface area contributed by atoms with E-state index in [0.29, 0.717) is 24.7 Å². The quantitative estimate of drug-likeness (QED) is 0.703. The molecule has 2 N–H and O–H groups in total. The summed E-state index contributed by atoms with van der Waals surface area (Å²) in [6.45, 7) is 3.08. The Balaban J connectivity index is 1.16. The predicted molar refractivity (Wildman–Crippen MR) is 123 cm³/mol. The molecule has 2 saturated carbocycles. The molecule has 1 spiro atoms. The monoisotopic (exact) mass is 469 g/mol. The van der Waals surface area contributed by atoms with Gasteiger partial charge in [0.1, 0.15) is 16.7 Å². The molecule has 1 saturated heterocycles. The Hall–Kier alpha value is -2.52. The molecule has 8 nitrogen and oxygen atoms in total. The van der Waals surface area contributed by atoms with E-state index in [0.717, 1.165) is 47.7 Å². The summed E-state index contributed by atoms with van der Waals surface area (Å²) in [4.78, 5) is 32.8. The highest BCUT2D eigenvalue weighted by molar-refractivity contribution is 8.07. The van der Waals surface area contributed by atoms with Crippen molar-refractivity contribution in [2.24, 2.45) is 16.8 Å². The molecule has 3 fully saturated rings. The van der Waals surface area contributed by atoms with Crippen LogP contribution < -0.4 is 14.8 Å². The maximum Gasteiger partial charge on any atom is 0.323 e. The molecular weight excluding hydrogens is 442 g/mol. The number of carbonyl (C=O) groups excluding carboxylic acids is 2. The van der Waals surface area contributed by atoms with Crippen molar-refractivity contribution in [1.29, 1.82) is 0 Å². The highest BCUT2D eigenvalue weighted by atomic mass is 32.2. The van der Waals surface area contributed by atoms with Crippen LogP contribution in [0.1, 0.15) is 38.2 Å². The van der Waals surface area contributed by atoms with Crippen molar-refractivity contribution in [3.8, 4) is 11.5 Å². The number of nitrogens with zero attached hydrogens (tertiary/aromatic N) is 2. The minimum absolute atomic E-state index is 0.167. The van der Waals surface area contributed by atoms with Gasteiger partial charge in [-0.25, -0.2) is 9.79 Å². The number of benzene rings is 1. The van der Waals surface area contributed by atoms with Crippen LogP contribution in [0.5, 0.6) is 11.5 Å². The molecule has 0 bridgehead atoms. The van der Waals surface area contributed by atoms with Gasteiger partial charge in [0.25, 0.3) is 0 Å². The first kappa shape index (κ1) is 21.0. The number of rotatable bonds is 4. The van der Waals surface area contributed by atoms with Gasteiger partial charge in [-0.2, -0.15) is 0 Å². The van der Waals surface area contributed by atoms with Crippen molar-refractivity contribution in [3.63, 3.8) is 0 Å². The summed E-state index contributed by atoms with van der Waals surface area (Å²) in [5.41, 5.74) is 1.09. The molecular formula is C24H27N3O5S. The molecule has 6 rings (SSSR count). The van der Waals surface area contributed by atoms with Crippen LogP contribution >= 0.6 is 11.8 Å². The Labute approximate surface area is 196 Å². The maximum atomic E-state index is 13.5. The zero-order valence-corrected chi connectivity index (χ0v) is 19.3. The fraction of sp³-hybridized carbons (Fsp3) is 0.542. The topological polar surface area (TPSA) is 100 Å². The Kier molecular flexibility index (Phi) is 4.95. The van der Waals surface area contributed by atoms with Crippen LogP contribution in [0.2, 0.25) is 0 Å². The third-order valence-electron chi connectivity index (χ3n) is 7.56. The Morgan fingerprint density at radius 1 is 1.27 bits per heavy atom. The molecule has 2 amide bonds. The number of ketones is 1. The fourth-order valence-corrected chi connectivity index (χ4v) is 6.89. The van der Waals surface area contributed by atoms with Gasteiger partial charge < -0.3 is 19.5 Å². The number of thioether (sulfide) groups is 1. The van der Waals surface area contributed by atoms with E-state index in [1.807, 2.05) is 23.1 Å². The number of Topliss-reactive ketones (excluding diaryl/α,β-unsaturated/α-hetero) is 1. The van der Waals surface area contributed by atoms with Gasteiger partial charge in [-0.05, 0) is 55.7 Å². The van der Waals surface area contributed by atoms with Crippen LogP contribution in [0.15, 0.2) is 34.3 Å². The molecule has 33 heavy (non-hydrogen) atoms. The number of aliphatic hydroxyl groups is 1. The molecule has 5 aliphatic rings. The molecule has 1 aromatic carbocycles. The van der Waals surface area contributed by atoms with Crippen LogP contribution in [-0.2, 0) is 11.2 Å². The number of ether oxygens (including phenoxy) is 2. The lowest BCUT2D eigenvalue weighted by Gasteiger charge is -2.38. The number of fused-ring (bicyclic) bond motifs is 3. The van der Waals surface area contributed by atoms with E-state index >= 15 is 0 Å². The number of nitrogens with one attached hydrogen (secondary N) is 1. The molecule has 0 aromatic heterocycles. The molecule has 0 radical (unpaired) electrons. The SMILES string of the molecule is CC1CCC(N(CCc2ccc3c(c2)OCO3)C(=O)NC2=NC=C3SC4(C(=O)C4O)C32)CC1. The first-order valence-electron chi connectivity index (χ1n) is 11.6. The summed E-state index contributed by atoms with van der Waals surface area (Å²) in [6.07, 6.45) is 5.60. The van der Waals surface area contributed by atoms with Crippen molar-refractivity contribution in [2.75, 3.05) is 13.3 Å². The average Bonchev–Trinajstić information content (AvgIpc) is 3.13. The van der Waals surface area contributed by atoms with E-state index in [9.17, 15) is 14.7 Å². The number of hydrogen-bond acceptors (Lipinski definition) is 7. The number of amides is 2. The molecule has 2 aliphatic carbocycles. The summed E-state index contributed by atoms with van der Waals surface area (Å²) < 4.78 is 10.1. The second-order valence-electron chi connectivity index (χ2n) is 9.62. The van der Waals surface area contributed by atoms with Crippen molar-refractivity contribution in [1.82, 2.24) is 10.2 Å². The molecule has 3 atom stereocenters. The van der Waals surface area contributed by atoms with Crippen LogP contribution in [0.4, 0.5) is 4.79 Å². The van der Waals surface area contributed by atoms with Gasteiger partial charge in [0.05, 0.1) is 5.92 Å². The molecule has 3 heterocycles. The highest BCUT2D eigenvalue weighted by Crippen LogP contribution is 2.67. The summed E-state index contributed by atoms with van der Waals surface area (Å²) in [7, 11) is 0. The Bertz CT molecular complexity index is 1080. The average molecular weight is 470 g/mol. The van der Waals surface area contributed by atoms with Crippen molar-refractivity contribution in [2.45, 2.75) is 55.9 Å². The van der Waals surface area contributed by atoms with Gasteiger partial charge >= 0.3 is 6.03 Å². The Morgan fingerprint density at radius 2 is 2.03 bits per heavy atom. The van der Waals surface area contributed by atoms with Gasteiger partial charge in [0.2, 0.25) is 6.79 Å². The number of amidine groups is 1. The fourth-order valence-electron chi connectivity index (χ4n) is 5.44. The van der Waals surface area contributed by atoms with Gasteiger partial charge in [0.15, 0.2) is 17.3 Å². The molecule has 3 aliphatic heterocycles. The van der Waals surface area contributed by atoms with E-state index in [4.69, 9.17) is 9.47 Å².